The van der Waals surface area contributed by atoms with Gasteiger partial charge in [-0.2, -0.15) is 5.26 Å². The lowest BCUT2D eigenvalue weighted by Gasteiger charge is -2.07. The Labute approximate surface area is 78.1 Å². The predicted molar refractivity (Wildman–Crippen MR) is 52.9 cm³/mol. The molecule has 1 aromatic carbocycles. The summed E-state index contributed by atoms with van der Waals surface area (Å²) in [4.78, 5) is 0. The zero-order valence-electron chi connectivity index (χ0n) is 7.67. The largest absolute Gasteiger partial charge is 0.324 e. The molecular formula is C10H13N3. The van der Waals surface area contributed by atoms with Crippen LogP contribution in [0.2, 0.25) is 0 Å². The Bertz CT molecular complexity index is 325. The number of nitrogen functional groups attached to an aromatic ring is 1. The van der Waals surface area contributed by atoms with Gasteiger partial charge in [-0.05, 0) is 23.6 Å². The fourth-order valence-corrected chi connectivity index (χ4v) is 1.24. The summed E-state index contributed by atoms with van der Waals surface area (Å²) in [6.45, 7) is 2.08. The highest BCUT2D eigenvalue weighted by molar-refractivity contribution is 5.52. The van der Waals surface area contributed by atoms with Gasteiger partial charge in [0, 0.05) is 0 Å². The lowest BCUT2D eigenvalue weighted by molar-refractivity contribution is 1.11. The van der Waals surface area contributed by atoms with E-state index >= 15 is 0 Å². The minimum absolute atomic E-state index is 0.396. The number of anilines is 1. The molecule has 0 bridgehead atoms. The van der Waals surface area contributed by atoms with Gasteiger partial charge in [0.1, 0.15) is 0 Å². The highest BCUT2D eigenvalue weighted by Crippen LogP contribution is 2.17. The van der Waals surface area contributed by atoms with Crippen molar-refractivity contribution in [3.05, 3.63) is 29.3 Å². The fraction of sp³-hybridized carbons (Fsp3) is 0.300. The maximum Gasteiger partial charge on any atom is 0.0670 e. The van der Waals surface area contributed by atoms with Gasteiger partial charge in [0.15, 0.2) is 0 Å². The van der Waals surface area contributed by atoms with Gasteiger partial charge in [0.05, 0.1) is 18.2 Å². The van der Waals surface area contributed by atoms with Crippen molar-refractivity contribution in [2.45, 2.75) is 19.8 Å². The highest BCUT2D eigenvalue weighted by atomic mass is 15.2. The monoisotopic (exact) mass is 175 g/mol. The van der Waals surface area contributed by atoms with E-state index in [0.29, 0.717) is 6.42 Å². The van der Waals surface area contributed by atoms with Crippen LogP contribution in [0, 0.1) is 11.3 Å². The number of benzene rings is 1. The second kappa shape index (κ2) is 4.48. The Kier molecular flexibility index (Phi) is 3.30. The summed E-state index contributed by atoms with van der Waals surface area (Å²) in [5.74, 6) is 5.31. The summed E-state index contributed by atoms with van der Waals surface area (Å²) in [5, 5.41) is 8.58. The second-order valence-electron chi connectivity index (χ2n) is 2.82. The van der Waals surface area contributed by atoms with Crippen molar-refractivity contribution in [1.29, 1.82) is 5.26 Å². The SMILES string of the molecule is CCc1ccc(NN)c(CC#N)c1. The number of hydrogen-bond donors (Lipinski definition) is 2. The van der Waals surface area contributed by atoms with Gasteiger partial charge in [-0.3, -0.25) is 5.84 Å². The lowest BCUT2D eigenvalue weighted by atomic mass is 10.1. The number of hydrazine groups is 1. The summed E-state index contributed by atoms with van der Waals surface area (Å²) in [6, 6.07) is 8.05. The van der Waals surface area contributed by atoms with E-state index in [2.05, 4.69) is 18.4 Å². The van der Waals surface area contributed by atoms with Crippen molar-refractivity contribution in [2.75, 3.05) is 5.43 Å². The minimum Gasteiger partial charge on any atom is -0.324 e. The van der Waals surface area contributed by atoms with Crippen molar-refractivity contribution in [3.8, 4) is 6.07 Å². The van der Waals surface area contributed by atoms with Crippen LogP contribution in [0.15, 0.2) is 18.2 Å². The number of nitrogens with zero attached hydrogens (tertiary/aromatic N) is 1. The molecule has 1 aromatic rings. The molecule has 0 aromatic heterocycles. The van der Waals surface area contributed by atoms with E-state index in [9.17, 15) is 0 Å². The Hall–Kier alpha value is -1.53. The molecule has 0 saturated carbocycles. The summed E-state index contributed by atoms with van der Waals surface area (Å²) in [7, 11) is 0. The van der Waals surface area contributed by atoms with Gasteiger partial charge < -0.3 is 5.43 Å². The third-order valence-electron chi connectivity index (χ3n) is 2.00. The first-order valence-corrected chi connectivity index (χ1v) is 4.27. The fourth-order valence-electron chi connectivity index (χ4n) is 1.24. The van der Waals surface area contributed by atoms with Crippen LogP contribution in [0.25, 0.3) is 0 Å². The summed E-state index contributed by atoms with van der Waals surface area (Å²) in [5.41, 5.74) is 5.60. The van der Waals surface area contributed by atoms with Gasteiger partial charge in [0.2, 0.25) is 0 Å². The molecule has 13 heavy (non-hydrogen) atoms. The predicted octanol–water partition coefficient (Wildman–Crippen LogP) is 1.60. The van der Waals surface area contributed by atoms with Crippen LogP contribution in [-0.4, -0.2) is 0 Å². The van der Waals surface area contributed by atoms with E-state index < -0.39 is 0 Å². The zero-order chi connectivity index (χ0) is 9.68. The van der Waals surface area contributed by atoms with Gasteiger partial charge in [-0.15, -0.1) is 0 Å². The molecule has 0 fully saturated rings. The second-order valence-corrected chi connectivity index (χ2v) is 2.82. The molecule has 0 saturated heterocycles. The van der Waals surface area contributed by atoms with Gasteiger partial charge in [0.25, 0.3) is 0 Å². The van der Waals surface area contributed by atoms with Crippen LogP contribution in [0.4, 0.5) is 5.69 Å². The van der Waals surface area contributed by atoms with Crippen LogP contribution in [0.5, 0.6) is 0 Å². The number of nitrogens with one attached hydrogen (secondary N) is 1. The van der Waals surface area contributed by atoms with Crippen LogP contribution in [0.3, 0.4) is 0 Å². The average molecular weight is 175 g/mol. The topological polar surface area (TPSA) is 61.8 Å². The lowest BCUT2D eigenvalue weighted by Crippen LogP contribution is -2.09. The molecule has 0 heterocycles. The third kappa shape index (κ3) is 2.20. The number of nitrogens with two attached hydrogens (primary N) is 1. The molecule has 1 rings (SSSR count). The van der Waals surface area contributed by atoms with E-state index in [1.54, 1.807) is 0 Å². The molecule has 0 amide bonds. The standard InChI is InChI=1S/C10H13N3/c1-2-8-3-4-10(13-12)9(7-8)5-6-11/h3-4,7,13H,2,5,12H2,1H3. The number of aryl methyl sites for hydroxylation is 1. The minimum atomic E-state index is 0.396. The van der Waals surface area contributed by atoms with E-state index in [1.165, 1.54) is 5.56 Å². The summed E-state index contributed by atoms with van der Waals surface area (Å²) in [6.07, 6.45) is 1.37. The molecule has 0 unspecified atom stereocenters. The van der Waals surface area contributed by atoms with Crippen LogP contribution in [-0.2, 0) is 12.8 Å². The van der Waals surface area contributed by atoms with Crippen molar-refractivity contribution >= 4 is 5.69 Å². The van der Waals surface area contributed by atoms with E-state index in [1.807, 2.05) is 18.2 Å². The van der Waals surface area contributed by atoms with Crippen molar-refractivity contribution in [2.24, 2.45) is 5.84 Å². The van der Waals surface area contributed by atoms with Crippen molar-refractivity contribution in [1.82, 2.24) is 0 Å². The zero-order valence-corrected chi connectivity index (χ0v) is 7.67. The van der Waals surface area contributed by atoms with Crippen LogP contribution in [0.1, 0.15) is 18.1 Å². The Morgan fingerprint density at radius 3 is 2.85 bits per heavy atom. The first kappa shape index (κ1) is 9.56. The molecule has 0 radical (unpaired) electrons. The van der Waals surface area contributed by atoms with Crippen molar-refractivity contribution < 1.29 is 0 Å². The number of hydrogen-bond acceptors (Lipinski definition) is 3. The molecule has 0 atom stereocenters. The third-order valence-corrected chi connectivity index (χ3v) is 2.00. The highest BCUT2D eigenvalue weighted by Gasteiger charge is 2.01. The first-order valence-electron chi connectivity index (χ1n) is 4.27. The molecule has 3 N–H and O–H groups in total. The molecular weight excluding hydrogens is 162 g/mol. The van der Waals surface area contributed by atoms with Gasteiger partial charge in [-0.25, -0.2) is 0 Å². The van der Waals surface area contributed by atoms with E-state index in [-0.39, 0.29) is 0 Å². The molecule has 3 nitrogen and oxygen atoms in total. The molecule has 3 heteroatoms. The Morgan fingerprint density at radius 2 is 2.31 bits per heavy atom. The first-order chi connectivity index (χ1) is 6.31. The Morgan fingerprint density at radius 1 is 1.54 bits per heavy atom. The normalized spacial score (nSPS) is 9.31. The molecule has 0 aliphatic rings. The van der Waals surface area contributed by atoms with Crippen LogP contribution >= 0.6 is 0 Å². The summed E-state index contributed by atoms with van der Waals surface area (Å²) < 4.78 is 0. The van der Waals surface area contributed by atoms with E-state index in [4.69, 9.17) is 11.1 Å². The summed E-state index contributed by atoms with van der Waals surface area (Å²) >= 11 is 0. The maximum atomic E-state index is 8.58. The quantitative estimate of drug-likeness (QED) is 0.541. The number of nitriles is 1. The van der Waals surface area contributed by atoms with Crippen molar-refractivity contribution in [3.63, 3.8) is 0 Å². The maximum absolute atomic E-state index is 8.58. The Balaban J connectivity index is 3.04. The average Bonchev–Trinajstić information content (AvgIpc) is 2.18. The molecule has 0 aliphatic carbocycles. The molecule has 68 valence electrons. The van der Waals surface area contributed by atoms with E-state index in [0.717, 1.165) is 17.7 Å². The molecule has 0 aliphatic heterocycles. The van der Waals surface area contributed by atoms with Crippen LogP contribution < -0.4 is 11.3 Å². The number of rotatable bonds is 3. The molecule has 0 spiro atoms. The smallest absolute Gasteiger partial charge is 0.0670 e. The van der Waals surface area contributed by atoms with Gasteiger partial charge in [-0.1, -0.05) is 19.1 Å². The van der Waals surface area contributed by atoms with Gasteiger partial charge >= 0.3 is 0 Å².